The van der Waals surface area contributed by atoms with Crippen molar-refractivity contribution in [2.45, 2.75) is 19.8 Å². The molecule has 0 aliphatic carbocycles. The van der Waals surface area contributed by atoms with Gasteiger partial charge in [-0.1, -0.05) is 19.1 Å². The maximum Gasteiger partial charge on any atom is 0.231 e. The Balaban J connectivity index is 2.33. The Kier molecular flexibility index (Phi) is 5.49. The average Bonchev–Trinajstić information content (AvgIpc) is 2.27. The number of nitrogens with zero attached hydrogens (tertiary/aromatic N) is 1. The third-order valence-corrected chi connectivity index (χ3v) is 2.72. The van der Waals surface area contributed by atoms with Crippen LogP contribution in [0.25, 0.3) is 0 Å². The summed E-state index contributed by atoms with van der Waals surface area (Å²) in [6.07, 6.45) is 1.98. The maximum atomic E-state index is 10.8. The fourth-order valence-corrected chi connectivity index (χ4v) is 1.82. The van der Waals surface area contributed by atoms with Crippen LogP contribution in [-0.4, -0.2) is 30.4 Å². The Hall–Kier alpha value is -1.55. The van der Waals surface area contributed by atoms with E-state index in [1.165, 1.54) is 5.56 Å². The molecule has 4 heteroatoms. The Morgan fingerprint density at radius 3 is 2.76 bits per heavy atom. The molecule has 0 unspecified atom stereocenters. The summed E-state index contributed by atoms with van der Waals surface area (Å²) in [5, 5.41) is 0. The highest BCUT2D eigenvalue weighted by Crippen LogP contribution is 2.09. The first kappa shape index (κ1) is 13.5. The summed E-state index contributed by atoms with van der Waals surface area (Å²) in [4.78, 5) is 12.9. The molecule has 0 aromatic heterocycles. The lowest BCUT2D eigenvalue weighted by Crippen LogP contribution is -2.34. The van der Waals surface area contributed by atoms with Crippen LogP contribution in [-0.2, 0) is 11.2 Å². The summed E-state index contributed by atoms with van der Waals surface area (Å²) in [6.45, 7) is 4.10. The van der Waals surface area contributed by atoms with Crippen LogP contribution >= 0.6 is 0 Å². The van der Waals surface area contributed by atoms with Crippen molar-refractivity contribution in [2.24, 2.45) is 5.73 Å². The maximum absolute atomic E-state index is 10.8. The van der Waals surface area contributed by atoms with Crippen molar-refractivity contribution in [2.75, 3.05) is 25.4 Å². The van der Waals surface area contributed by atoms with Crippen molar-refractivity contribution >= 4 is 11.6 Å². The molecule has 0 bridgehead atoms. The molecule has 0 aliphatic rings. The zero-order chi connectivity index (χ0) is 12.7. The van der Waals surface area contributed by atoms with Gasteiger partial charge < -0.3 is 11.5 Å². The first-order valence-corrected chi connectivity index (χ1v) is 5.97. The molecule has 4 nitrogen and oxygen atoms in total. The quantitative estimate of drug-likeness (QED) is 0.693. The first-order valence-electron chi connectivity index (χ1n) is 5.97. The van der Waals surface area contributed by atoms with Gasteiger partial charge in [-0.05, 0) is 43.6 Å². The fourth-order valence-electron chi connectivity index (χ4n) is 1.82. The summed E-state index contributed by atoms with van der Waals surface area (Å²) in [5.74, 6) is -0.268. The van der Waals surface area contributed by atoms with E-state index in [0.29, 0.717) is 6.54 Å². The van der Waals surface area contributed by atoms with Gasteiger partial charge in [-0.25, -0.2) is 0 Å². The number of nitrogens with two attached hydrogens (primary N) is 2. The normalized spacial score (nSPS) is 10.7. The van der Waals surface area contributed by atoms with Gasteiger partial charge in [0.25, 0.3) is 0 Å². The van der Waals surface area contributed by atoms with E-state index in [1.807, 2.05) is 25.1 Å². The van der Waals surface area contributed by atoms with Crippen molar-refractivity contribution in [1.29, 1.82) is 0 Å². The third-order valence-electron chi connectivity index (χ3n) is 2.72. The van der Waals surface area contributed by atoms with Gasteiger partial charge in [-0.15, -0.1) is 0 Å². The van der Waals surface area contributed by atoms with Crippen molar-refractivity contribution < 1.29 is 4.79 Å². The molecule has 0 aliphatic heterocycles. The topological polar surface area (TPSA) is 72.3 Å². The second kappa shape index (κ2) is 6.91. The molecule has 0 radical (unpaired) electrons. The van der Waals surface area contributed by atoms with Crippen LogP contribution in [0.5, 0.6) is 0 Å². The van der Waals surface area contributed by atoms with Crippen LogP contribution in [0, 0.1) is 0 Å². The Morgan fingerprint density at radius 2 is 2.18 bits per heavy atom. The van der Waals surface area contributed by atoms with Gasteiger partial charge in [-0.3, -0.25) is 9.69 Å². The highest BCUT2D eigenvalue weighted by atomic mass is 16.1. The smallest absolute Gasteiger partial charge is 0.231 e. The van der Waals surface area contributed by atoms with Gasteiger partial charge in [0, 0.05) is 5.69 Å². The van der Waals surface area contributed by atoms with Crippen LogP contribution in [0.1, 0.15) is 18.9 Å². The number of aryl methyl sites for hydroxylation is 1. The van der Waals surface area contributed by atoms with Crippen LogP contribution in [0.3, 0.4) is 0 Å². The molecule has 1 amide bonds. The molecular formula is C13H21N3O. The van der Waals surface area contributed by atoms with Crippen molar-refractivity contribution in [3.05, 3.63) is 29.8 Å². The van der Waals surface area contributed by atoms with Crippen LogP contribution in [0.15, 0.2) is 24.3 Å². The van der Waals surface area contributed by atoms with Crippen molar-refractivity contribution in [3.63, 3.8) is 0 Å². The SMILES string of the molecule is CCN(CCCc1cccc(N)c1)CC(N)=O. The van der Waals surface area contributed by atoms with E-state index in [2.05, 4.69) is 11.0 Å². The number of likely N-dealkylation sites (N-methyl/N-ethyl adjacent to an activating group) is 1. The van der Waals surface area contributed by atoms with Gasteiger partial charge in [0.05, 0.1) is 6.54 Å². The number of carbonyl (C=O) groups excluding carboxylic acids is 1. The summed E-state index contributed by atoms with van der Waals surface area (Å²) in [6, 6.07) is 7.91. The van der Waals surface area contributed by atoms with Gasteiger partial charge in [0.2, 0.25) is 5.91 Å². The number of primary amides is 1. The van der Waals surface area contributed by atoms with Crippen LogP contribution in [0.2, 0.25) is 0 Å². The number of amides is 1. The van der Waals surface area contributed by atoms with E-state index >= 15 is 0 Å². The minimum absolute atomic E-state index is 0.268. The lowest BCUT2D eigenvalue weighted by atomic mass is 10.1. The van der Waals surface area contributed by atoms with E-state index < -0.39 is 0 Å². The number of carbonyl (C=O) groups is 1. The predicted octanol–water partition coefficient (Wildman–Crippen LogP) is 1.01. The van der Waals surface area contributed by atoms with Gasteiger partial charge >= 0.3 is 0 Å². The molecule has 0 fully saturated rings. The lowest BCUT2D eigenvalue weighted by molar-refractivity contribution is -0.119. The second-order valence-corrected chi connectivity index (χ2v) is 4.18. The standard InChI is InChI=1S/C13H21N3O/c1-2-16(10-13(15)17)8-4-6-11-5-3-7-12(14)9-11/h3,5,7,9H,2,4,6,8,10,14H2,1H3,(H2,15,17). The molecule has 0 heterocycles. The molecule has 0 saturated carbocycles. The Morgan fingerprint density at radius 1 is 1.41 bits per heavy atom. The zero-order valence-corrected chi connectivity index (χ0v) is 10.4. The average molecular weight is 235 g/mol. The number of benzene rings is 1. The number of anilines is 1. The van der Waals surface area contributed by atoms with E-state index in [1.54, 1.807) is 0 Å². The molecule has 94 valence electrons. The van der Waals surface area contributed by atoms with Gasteiger partial charge in [-0.2, -0.15) is 0 Å². The third kappa shape index (κ3) is 5.36. The number of rotatable bonds is 7. The lowest BCUT2D eigenvalue weighted by Gasteiger charge is -2.18. The van der Waals surface area contributed by atoms with Crippen molar-refractivity contribution in [1.82, 2.24) is 4.90 Å². The van der Waals surface area contributed by atoms with Gasteiger partial charge in [0.1, 0.15) is 0 Å². The van der Waals surface area contributed by atoms with E-state index in [0.717, 1.165) is 31.6 Å². The molecule has 0 saturated heterocycles. The van der Waals surface area contributed by atoms with Crippen LogP contribution < -0.4 is 11.5 Å². The van der Waals surface area contributed by atoms with E-state index in [-0.39, 0.29) is 5.91 Å². The van der Waals surface area contributed by atoms with E-state index in [4.69, 9.17) is 11.5 Å². The summed E-state index contributed by atoms with van der Waals surface area (Å²) in [5.41, 5.74) is 12.9. The number of hydrogen-bond acceptors (Lipinski definition) is 3. The van der Waals surface area contributed by atoms with Crippen molar-refractivity contribution in [3.8, 4) is 0 Å². The second-order valence-electron chi connectivity index (χ2n) is 4.18. The summed E-state index contributed by atoms with van der Waals surface area (Å²) in [7, 11) is 0. The monoisotopic (exact) mass is 235 g/mol. The number of hydrogen-bond donors (Lipinski definition) is 2. The minimum atomic E-state index is -0.268. The molecule has 0 atom stereocenters. The minimum Gasteiger partial charge on any atom is -0.399 e. The summed E-state index contributed by atoms with van der Waals surface area (Å²) >= 11 is 0. The molecule has 1 aromatic rings. The summed E-state index contributed by atoms with van der Waals surface area (Å²) < 4.78 is 0. The molecule has 1 aromatic carbocycles. The van der Waals surface area contributed by atoms with E-state index in [9.17, 15) is 4.79 Å². The Labute approximate surface area is 103 Å². The van der Waals surface area contributed by atoms with Crippen LogP contribution in [0.4, 0.5) is 5.69 Å². The largest absolute Gasteiger partial charge is 0.399 e. The fraction of sp³-hybridized carbons (Fsp3) is 0.462. The first-order chi connectivity index (χ1) is 8.11. The zero-order valence-electron chi connectivity index (χ0n) is 10.4. The highest BCUT2D eigenvalue weighted by molar-refractivity contribution is 5.75. The molecule has 1 rings (SSSR count). The molecule has 4 N–H and O–H groups in total. The molecule has 0 spiro atoms. The number of nitrogen functional groups attached to an aromatic ring is 1. The Bertz CT molecular complexity index is 365. The van der Waals surface area contributed by atoms with Gasteiger partial charge in [0.15, 0.2) is 0 Å². The molecule has 17 heavy (non-hydrogen) atoms. The molecular weight excluding hydrogens is 214 g/mol. The predicted molar refractivity (Wildman–Crippen MR) is 70.5 cm³/mol. The highest BCUT2D eigenvalue weighted by Gasteiger charge is 2.05.